The molecule has 0 saturated carbocycles. The van der Waals surface area contributed by atoms with Crippen LogP contribution in [0.1, 0.15) is 113 Å². The van der Waals surface area contributed by atoms with Crippen LogP contribution in [0, 0.1) is 19.5 Å². The van der Waals surface area contributed by atoms with Crippen LogP contribution in [-0.2, 0) is 0 Å². The maximum atomic E-state index is 3.77. The number of nitrogens with zero attached hydrogens (tertiary/aromatic N) is 1. The van der Waals surface area contributed by atoms with Crippen molar-refractivity contribution in [1.82, 2.24) is 4.58 Å². The lowest BCUT2D eigenvalue weighted by Gasteiger charge is -2.25. The summed E-state index contributed by atoms with van der Waals surface area (Å²) in [5.74, 6) is 1.97. The van der Waals surface area contributed by atoms with Crippen LogP contribution in [0.2, 0.25) is 0 Å². The van der Waals surface area contributed by atoms with Crippen molar-refractivity contribution in [2.45, 2.75) is 85.0 Å². The molecule has 0 amide bonds. The molecule has 0 aliphatic carbocycles. The molecule has 2 aromatic carbocycles. The fraction of sp³-hybridized carbons (Fsp3) is 0.464. The first-order valence-electron chi connectivity index (χ1n) is 11.1. The molecule has 1 atom stereocenters. The molecular weight excluding hydrogens is 350 g/mol. The number of benzene rings is 2. The Kier molecular flexibility index (Phi) is 6.66. The molecule has 0 aromatic heterocycles. The summed E-state index contributed by atoms with van der Waals surface area (Å²) in [6.07, 6.45) is 3.63. The van der Waals surface area contributed by atoms with Gasteiger partial charge in [0.05, 0.1) is 5.92 Å². The van der Waals surface area contributed by atoms with Crippen molar-refractivity contribution in [3.8, 4) is 0 Å². The Morgan fingerprint density at radius 1 is 0.828 bits per heavy atom. The topological polar surface area (TPSA) is 3.01 Å². The highest BCUT2D eigenvalue weighted by atomic mass is 15.0. The second kappa shape index (κ2) is 8.86. The average Bonchev–Trinajstić information content (AvgIpc) is 3.15. The Morgan fingerprint density at radius 2 is 1.38 bits per heavy atom. The van der Waals surface area contributed by atoms with Gasteiger partial charge in [0.2, 0.25) is 0 Å². The van der Waals surface area contributed by atoms with E-state index in [1.807, 2.05) is 0 Å². The zero-order valence-corrected chi connectivity index (χ0v) is 19.4. The van der Waals surface area contributed by atoms with Gasteiger partial charge in [-0.3, -0.25) is 0 Å². The summed E-state index contributed by atoms with van der Waals surface area (Å²) < 4.78 is 2.22. The summed E-state index contributed by atoms with van der Waals surface area (Å²) in [7, 11) is 0. The summed E-state index contributed by atoms with van der Waals surface area (Å²) in [6, 6.07) is 13.5. The highest BCUT2D eigenvalue weighted by molar-refractivity contribution is 5.46. The Balaban J connectivity index is 2.16. The Morgan fingerprint density at radius 3 is 1.90 bits per heavy atom. The van der Waals surface area contributed by atoms with Crippen LogP contribution in [0.4, 0.5) is 0 Å². The molecule has 1 saturated heterocycles. The molecule has 29 heavy (non-hydrogen) atoms. The van der Waals surface area contributed by atoms with Crippen molar-refractivity contribution in [3.05, 3.63) is 89.1 Å². The van der Waals surface area contributed by atoms with Gasteiger partial charge in [0.15, 0.2) is 0 Å². The lowest BCUT2D eigenvalue weighted by Crippen LogP contribution is -2.31. The molecular formula is C28H36N-. The molecule has 1 aliphatic heterocycles. The minimum Gasteiger partial charge on any atom is -0.362 e. The van der Waals surface area contributed by atoms with Crippen molar-refractivity contribution in [1.29, 1.82) is 0 Å². The van der Waals surface area contributed by atoms with Crippen LogP contribution in [0.25, 0.3) is 0 Å². The molecule has 1 nitrogen and oxygen atoms in total. The predicted molar refractivity (Wildman–Crippen MR) is 124 cm³/mol. The van der Waals surface area contributed by atoms with Gasteiger partial charge in [-0.25, -0.2) is 0 Å². The van der Waals surface area contributed by atoms with E-state index in [0.29, 0.717) is 23.7 Å². The number of para-hydroxylation sites is 1. The smallest absolute Gasteiger partial charge is 0.280 e. The summed E-state index contributed by atoms with van der Waals surface area (Å²) >= 11 is 0. The zero-order chi connectivity index (χ0) is 21.3. The third kappa shape index (κ3) is 4.34. The van der Waals surface area contributed by atoms with Gasteiger partial charge in [-0.2, -0.15) is 29.3 Å². The summed E-state index contributed by atoms with van der Waals surface area (Å²) in [5, 5.41) is 1.29. The van der Waals surface area contributed by atoms with Crippen molar-refractivity contribution >= 4 is 0 Å². The molecule has 0 bridgehead atoms. The van der Waals surface area contributed by atoms with E-state index >= 15 is 0 Å². The maximum absolute atomic E-state index is 3.77. The first kappa shape index (κ1) is 21.8. The minimum atomic E-state index is 0.0752. The normalized spacial score (nSPS) is 17.1. The zero-order valence-electron chi connectivity index (χ0n) is 19.4. The molecule has 0 N–H and O–H groups in total. The SMILES string of the molecule is CC(C)c1cccc(C(C)C)c1C1[C][CH-][N+](=c2c(C(C)C)ccc[c-]2C(C)C)[C]1. The molecule has 154 valence electrons. The first-order valence-corrected chi connectivity index (χ1v) is 11.1. The van der Waals surface area contributed by atoms with Gasteiger partial charge >= 0.3 is 0 Å². The van der Waals surface area contributed by atoms with Crippen LogP contribution in [-0.4, -0.2) is 0 Å². The first-order chi connectivity index (χ1) is 13.7. The molecule has 1 fully saturated rings. The lowest BCUT2D eigenvalue weighted by molar-refractivity contribution is 0.726. The molecule has 0 spiro atoms. The number of hydrogen-bond acceptors (Lipinski definition) is 0. The quantitative estimate of drug-likeness (QED) is 0.395. The van der Waals surface area contributed by atoms with Crippen LogP contribution < -0.4 is 9.93 Å². The number of hydrogen-bond donors (Lipinski definition) is 0. The highest BCUT2D eigenvalue weighted by Crippen LogP contribution is 2.38. The van der Waals surface area contributed by atoms with Crippen molar-refractivity contribution in [2.24, 2.45) is 0 Å². The van der Waals surface area contributed by atoms with E-state index < -0.39 is 0 Å². The van der Waals surface area contributed by atoms with Crippen molar-refractivity contribution < 1.29 is 0 Å². The summed E-state index contributed by atoms with van der Waals surface area (Å²) in [4.78, 5) is 0. The maximum Gasteiger partial charge on any atom is 0.280 e. The van der Waals surface area contributed by atoms with E-state index in [0.717, 1.165) is 0 Å². The van der Waals surface area contributed by atoms with E-state index in [4.69, 9.17) is 0 Å². The van der Waals surface area contributed by atoms with Gasteiger partial charge in [-0.05, 0) is 40.3 Å². The van der Waals surface area contributed by atoms with Crippen LogP contribution >= 0.6 is 0 Å². The lowest BCUT2D eigenvalue weighted by atomic mass is 9.81. The molecule has 2 aromatic rings. The Hall–Kier alpha value is -1.89. The van der Waals surface area contributed by atoms with E-state index in [9.17, 15) is 0 Å². The molecule has 3 rings (SSSR count). The largest absolute Gasteiger partial charge is 0.362 e. The Bertz CT molecular complexity index is 853. The van der Waals surface area contributed by atoms with Gasteiger partial charge in [0, 0.05) is 6.54 Å². The van der Waals surface area contributed by atoms with Crippen molar-refractivity contribution in [3.63, 3.8) is 0 Å². The van der Waals surface area contributed by atoms with E-state index in [-0.39, 0.29) is 5.92 Å². The minimum absolute atomic E-state index is 0.0752. The van der Waals surface area contributed by atoms with E-state index in [1.54, 1.807) is 0 Å². The van der Waals surface area contributed by atoms with Crippen molar-refractivity contribution in [2.75, 3.05) is 0 Å². The predicted octanol–water partition coefficient (Wildman–Crippen LogP) is 6.75. The standard InChI is InChI=1S/C28H36N/c1-18(2)23-11-9-12-24(19(3)4)27(23)22-15-16-29(17-22)28-25(20(5)6)13-10-14-26(28)21(7)8/h9-14,16,18-22H,1-8H3/q-1. The molecule has 1 heteroatoms. The van der Waals surface area contributed by atoms with Gasteiger partial charge in [-0.15, -0.1) is 0 Å². The average molecular weight is 387 g/mol. The van der Waals surface area contributed by atoms with Gasteiger partial charge in [0.1, 0.15) is 0 Å². The van der Waals surface area contributed by atoms with Gasteiger partial charge in [-0.1, -0.05) is 85.4 Å². The molecule has 1 heterocycles. The summed E-state index contributed by atoms with van der Waals surface area (Å²) in [5.41, 5.74) is 6.98. The van der Waals surface area contributed by atoms with Crippen LogP contribution in [0.5, 0.6) is 0 Å². The fourth-order valence-corrected chi connectivity index (χ4v) is 4.37. The third-order valence-corrected chi connectivity index (χ3v) is 5.93. The van der Waals surface area contributed by atoms with Gasteiger partial charge < -0.3 is 4.58 Å². The second-order valence-electron chi connectivity index (χ2n) is 9.48. The van der Waals surface area contributed by atoms with Crippen LogP contribution in [0.15, 0.2) is 36.4 Å². The molecule has 1 unspecified atom stereocenters. The summed E-state index contributed by atoms with van der Waals surface area (Å²) in [6.45, 7) is 24.1. The van der Waals surface area contributed by atoms with E-state index in [2.05, 4.69) is 116 Å². The Labute approximate surface area is 178 Å². The number of rotatable bonds is 5. The van der Waals surface area contributed by atoms with Gasteiger partial charge in [0.25, 0.3) is 6.54 Å². The van der Waals surface area contributed by atoms with Crippen LogP contribution in [0.3, 0.4) is 0 Å². The third-order valence-electron chi connectivity index (χ3n) is 5.93. The van der Waals surface area contributed by atoms with E-state index in [1.165, 1.54) is 33.2 Å². The molecule has 1 aliphatic rings. The monoisotopic (exact) mass is 386 g/mol. The fourth-order valence-electron chi connectivity index (χ4n) is 4.37. The molecule has 4 radical (unpaired) electrons. The second-order valence-corrected chi connectivity index (χ2v) is 9.48. The highest BCUT2D eigenvalue weighted by Gasteiger charge is 2.31.